The first-order valence-electron chi connectivity index (χ1n) is 6.33. The third kappa shape index (κ3) is 3.72. The summed E-state index contributed by atoms with van der Waals surface area (Å²) in [6.45, 7) is 4.76. The minimum atomic E-state index is -3.56. The fourth-order valence-electron chi connectivity index (χ4n) is 1.67. The third-order valence-electron chi connectivity index (χ3n) is 2.60. The molecule has 110 valence electrons. The molecule has 1 aromatic heterocycles. The molecule has 0 bridgehead atoms. The number of aromatic nitrogens is 2. The zero-order valence-electron chi connectivity index (χ0n) is 11.4. The maximum Gasteiger partial charge on any atom is 0.242 e. The van der Waals surface area contributed by atoms with Gasteiger partial charge in [0.15, 0.2) is 0 Å². The normalized spacial score (nSPS) is 12.3. The molecule has 1 heterocycles. The Kier molecular flexibility index (Phi) is 5.03. The molecule has 0 amide bonds. The van der Waals surface area contributed by atoms with Crippen LogP contribution in [0.25, 0.3) is 11.0 Å². The quantitative estimate of drug-likeness (QED) is 0.788. The second-order valence-corrected chi connectivity index (χ2v) is 6.82. The van der Waals surface area contributed by atoms with E-state index in [9.17, 15) is 8.42 Å². The van der Waals surface area contributed by atoms with Crippen LogP contribution in [-0.2, 0) is 14.8 Å². The summed E-state index contributed by atoms with van der Waals surface area (Å²) in [6, 6.07) is 4.95. The summed E-state index contributed by atoms with van der Waals surface area (Å²) >= 11 is 1.01. The molecule has 0 spiro atoms. The second-order valence-electron chi connectivity index (χ2n) is 4.56. The van der Waals surface area contributed by atoms with Crippen LogP contribution in [0.4, 0.5) is 0 Å². The molecule has 1 aromatic carbocycles. The van der Waals surface area contributed by atoms with Gasteiger partial charge >= 0.3 is 0 Å². The third-order valence-corrected chi connectivity index (χ3v) is 4.64. The van der Waals surface area contributed by atoms with Gasteiger partial charge in [0, 0.05) is 13.2 Å². The van der Waals surface area contributed by atoms with Crippen LogP contribution < -0.4 is 4.72 Å². The molecule has 0 aliphatic heterocycles. The van der Waals surface area contributed by atoms with Crippen molar-refractivity contribution in [3.8, 4) is 0 Å². The number of nitrogens with zero attached hydrogens (tertiary/aromatic N) is 2. The van der Waals surface area contributed by atoms with Crippen LogP contribution in [0.5, 0.6) is 0 Å². The van der Waals surface area contributed by atoms with Crippen molar-refractivity contribution in [3.05, 3.63) is 18.2 Å². The molecule has 0 saturated heterocycles. The maximum atomic E-state index is 12.2. The standard InChI is InChI=1S/C12H17N3O3S2/c1-9(2)18-8-4-7-13-20(16,17)11-6-3-5-10-12(11)15-19-14-10/h3,5-6,9,13H,4,7-8H2,1-2H3. The predicted octanol–water partition coefficient (Wildman–Crippen LogP) is 1.78. The van der Waals surface area contributed by atoms with Gasteiger partial charge in [0.25, 0.3) is 0 Å². The van der Waals surface area contributed by atoms with E-state index in [2.05, 4.69) is 13.5 Å². The lowest BCUT2D eigenvalue weighted by atomic mass is 10.3. The van der Waals surface area contributed by atoms with Crippen molar-refractivity contribution < 1.29 is 13.2 Å². The van der Waals surface area contributed by atoms with Gasteiger partial charge in [-0.2, -0.15) is 8.75 Å². The molecule has 0 radical (unpaired) electrons. The summed E-state index contributed by atoms with van der Waals surface area (Å²) in [5.41, 5.74) is 1.02. The number of hydrogen-bond acceptors (Lipinski definition) is 6. The number of rotatable bonds is 7. The number of benzene rings is 1. The lowest BCUT2D eigenvalue weighted by Gasteiger charge is -2.09. The molecule has 20 heavy (non-hydrogen) atoms. The van der Waals surface area contributed by atoms with Crippen LogP contribution in [0.2, 0.25) is 0 Å². The highest BCUT2D eigenvalue weighted by atomic mass is 32.2. The Morgan fingerprint density at radius 1 is 1.35 bits per heavy atom. The molecule has 8 heteroatoms. The Morgan fingerprint density at radius 3 is 2.90 bits per heavy atom. The molecular weight excluding hydrogens is 298 g/mol. The lowest BCUT2D eigenvalue weighted by molar-refractivity contribution is 0.0778. The fraction of sp³-hybridized carbons (Fsp3) is 0.500. The van der Waals surface area contributed by atoms with E-state index in [0.29, 0.717) is 30.6 Å². The van der Waals surface area contributed by atoms with Crippen LogP contribution in [0.15, 0.2) is 23.1 Å². The van der Waals surface area contributed by atoms with Gasteiger partial charge in [-0.05, 0) is 32.4 Å². The molecule has 0 aliphatic carbocycles. The van der Waals surface area contributed by atoms with Gasteiger partial charge in [-0.25, -0.2) is 13.1 Å². The van der Waals surface area contributed by atoms with Gasteiger partial charge in [0.2, 0.25) is 10.0 Å². The fourth-order valence-corrected chi connectivity index (χ4v) is 3.51. The highest BCUT2D eigenvalue weighted by Gasteiger charge is 2.18. The minimum Gasteiger partial charge on any atom is -0.379 e. The first-order chi connectivity index (χ1) is 9.50. The molecule has 0 unspecified atom stereocenters. The average Bonchev–Trinajstić information content (AvgIpc) is 2.85. The molecule has 1 N–H and O–H groups in total. The molecule has 2 aromatic rings. The predicted molar refractivity (Wildman–Crippen MR) is 78.3 cm³/mol. The summed E-state index contributed by atoms with van der Waals surface area (Å²) in [5.74, 6) is 0. The SMILES string of the molecule is CC(C)OCCCNS(=O)(=O)c1cccc2nsnc12. The first kappa shape index (κ1) is 15.3. The Balaban J connectivity index is 2.02. The molecule has 6 nitrogen and oxygen atoms in total. The second kappa shape index (κ2) is 6.57. The van der Waals surface area contributed by atoms with Crippen molar-refractivity contribution in [2.24, 2.45) is 0 Å². The van der Waals surface area contributed by atoms with Crippen LogP contribution >= 0.6 is 11.7 Å². The number of ether oxygens (including phenoxy) is 1. The largest absolute Gasteiger partial charge is 0.379 e. The van der Waals surface area contributed by atoms with E-state index in [1.54, 1.807) is 12.1 Å². The van der Waals surface area contributed by atoms with Crippen molar-refractivity contribution in [1.82, 2.24) is 13.5 Å². The summed E-state index contributed by atoms with van der Waals surface area (Å²) in [6.07, 6.45) is 0.782. The van der Waals surface area contributed by atoms with Gasteiger partial charge in [0.1, 0.15) is 15.9 Å². The van der Waals surface area contributed by atoms with Crippen molar-refractivity contribution in [2.75, 3.05) is 13.2 Å². The van der Waals surface area contributed by atoms with Gasteiger partial charge in [-0.15, -0.1) is 0 Å². The maximum absolute atomic E-state index is 12.2. The van der Waals surface area contributed by atoms with Gasteiger partial charge in [-0.1, -0.05) is 6.07 Å². The molecular formula is C12H17N3O3S2. The lowest BCUT2D eigenvalue weighted by Crippen LogP contribution is -2.26. The number of fused-ring (bicyclic) bond motifs is 1. The Morgan fingerprint density at radius 2 is 2.15 bits per heavy atom. The Labute approximate surface area is 122 Å². The van der Waals surface area contributed by atoms with E-state index in [4.69, 9.17) is 4.74 Å². The smallest absolute Gasteiger partial charge is 0.242 e. The number of nitrogens with one attached hydrogen (secondary N) is 1. The van der Waals surface area contributed by atoms with Crippen LogP contribution in [-0.4, -0.2) is 36.4 Å². The monoisotopic (exact) mass is 315 g/mol. The minimum absolute atomic E-state index is 0.154. The molecule has 0 aliphatic rings. The van der Waals surface area contributed by atoms with Crippen LogP contribution in [0.1, 0.15) is 20.3 Å². The zero-order valence-corrected chi connectivity index (χ0v) is 13.0. The van der Waals surface area contributed by atoms with Gasteiger partial charge < -0.3 is 4.74 Å². The van der Waals surface area contributed by atoms with Crippen LogP contribution in [0, 0.1) is 0 Å². The highest BCUT2D eigenvalue weighted by Crippen LogP contribution is 2.20. The molecule has 0 saturated carbocycles. The van der Waals surface area contributed by atoms with E-state index in [1.807, 2.05) is 13.8 Å². The van der Waals surface area contributed by atoms with E-state index < -0.39 is 10.0 Å². The molecule has 2 rings (SSSR count). The summed E-state index contributed by atoms with van der Waals surface area (Å²) in [5, 5.41) is 0. The highest BCUT2D eigenvalue weighted by molar-refractivity contribution is 7.89. The Hall–Kier alpha value is -1.09. The van der Waals surface area contributed by atoms with E-state index >= 15 is 0 Å². The number of hydrogen-bond donors (Lipinski definition) is 1. The van der Waals surface area contributed by atoms with E-state index in [-0.39, 0.29) is 11.0 Å². The van der Waals surface area contributed by atoms with Crippen molar-refractivity contribution in [1.29, 1.82) is 0 Å². The first-order valence-corrected chi connectivity index (χ1v) is 8.54. The van der Waals surface area contributed by atoms with Gasteiger partial charge in [0.05, 0.1) is 17.8 Å². The average molecular weight is 315 g/mol. The summed E-state index contributed by atoms with van der Waals surface area (Å²) < 4.78 is 40.5. The van der Waals surface area contributed by atoms with E-state index in [1.165, 1.54) is 6.07 Å². The van der Waals surface area contributed by atoms with Crippen molar-refractivity contribution in [3.63, 3.8) is 0 Å². The summed E-state index contributed by atoms with van der Waals surface area (Å²) in [4.78, 5) is 0.175. The van der Waals surface area contributed by atoms with E-state index in [0.717, 1.165) is 11.7 Å². The topological polar surface area (TPSA) is 81.2 Å². The summed E-state index contributed by atoms with van der Waals surface area (Å²) in [7, 11) is -3.56. The number of sulfonamides is 1. The van der Waals surface area contributed by atoms with Crippen LogP contribution in [0.3, 0.4) is 0 Å². The zero-order chi connectivity index (χ0) is 14.6. The van der Waals surface area contributed by atoms with Crippen molar-refractivity contribution >= 4 is 32.8 Å². The molecule has 0 atom stereocenters. The molecule has 0 fully saturated rings. The Bertz CT molecular complexity index is 667. The van der Waals surface area contributed by atoms with Crippen molar-refractivity contribution in [2.45, 2.75) is 31.3 Å². The van der Waals surface area contributed by atoms with Gasteiger partial charge in [-0.3, -0.25) is 0 Å².